The van der Waals surface area contributed by atoms with Crippen LogP contribution in [0, 0.1) is 0 Å². The standard InChI is InChI=1S/C17H15NO4/c1-2-21-17(20)12-4-8-16(18-10-12)22-13-5-6-14-11(9-13)3-7-15(14)19/h4-6,8-10H,2-3,7H2,1H3. The van der Waals surface area contributed by atoms with Crippen LogP contribution in [0.25, 0.3) is 0 Å². The topological polar surface area (TPSA) is 65.5 Å². The average Bonchev–Trinajstić information content (AvgIpc) is 2.89. The average molecular weight is 297 g/mol. The van der Waals surface area contributed by atoms with E-state index in [0.29, 0.717) is 30.2 Å². The number of carbonyl (C=O) groups is 2. The second kappa shape index (κ2) is 5.97. The molecule has 1 heterocycles. The third-order valence-electron chi connectivity index (χ3n) is 3.47. The fraction of sp³-hybridized carbons (Fsp3) is 0.235. The molecule has 1 aromatic heterocycles. The van der Waals surface area contributed by atoms with Crippen molar-refractivity contribution in [2.24, 2.45) is 0 Å². The highest BCUT2D eigenvalue weighted by Crippen LogP contribution is 2.28. The van der Waals surface area contributed by atoms with Crippen LogP contribution in [0.4, 0.5) is 0 Å². The van der Waals surface area contributed by atoms with E-state index in [2.05, 4.69) is 4.98 Å². The number of Topliss-reactive ketones (excluding diaryl/α,β-unsaturated/α-hetero) is 1. The molecule has 5 nitrogen and oxygen atoms in total. The lowest BCUT2D eigenvalue weighted by Gasteiger charge is -2.07. The monoisotopic (exact) mass is 297 g/mol. The highest BCUT2D eigenvalue weighted by molar-refractivity contribution is 6.00. The third kappa shape index (κ3) is 2.83. The molecule has 0 fully saturated rings. The Kier molecular flexibility index (Phi) is 3.87. The summed E-state index contributed by atoms with van der Waals surface area (Å²) in [5, 5.41) is 0. The molecule has 1 aliphatic carbocycles. The smallest absolute Gasteiger partial charge is 0.339 e. The van der Waals surface area contributed by atoms with Crippen LogP contribution < -0.4 is 4.74 Å². The first kappa shape index (κ1) is 14.3. The van der Waals surface area contributed by atoms with E-state index in [1.165, 1.54) is 6.20 Å². The van der Waals surface area contributed by atoms with Crippen molar-refractivity contribution >= 4 is 11.8 Å². The minimum atomic E-state index is -0.405. The van der Waals surface area contributed by atoms with Gasteiger partial charge in [-0.25, -0.2) is 9.78 Å². The highest BCUT2D eigenvalue weighted by atomic mass is 16.5. The van der Waals surface area contributed by atoms with Crippen molar-refractivity contribution in [3.8, 4) is 11.6 Å². The van der Waals surface area contributed by atoms with Crippen molar-refractivity contribution in [2.45, 2.75) is 19.8 Å². The number of ether oxygens (including phenoxy) is 2. The summed E-state index contributed by atoms with van der Waals surface area (Å²) in [6.45, 7) is 2.08. The number of benzene rings is 1. The summed E-state index contributed by atoms with van der Waals surface area (Å²) in [5.41, 5.74) is 2.16. The highest BCUT2D eigenvalue weighted by Gasteiger charge is 2.19. The SMILES string of the molecule is CCOC(=O)c1ccc(Oc2ccc3c(c2)CCC3=O)nc1. The number of nitrogens with zero attached hydrogens (tertiary/aromatic N) is 1. The van der Waals surface area contributed by atoms with Crippen molar-refractivity contribution in [1.82, 2.24) is 4.98 Å². The van der Waals surface area contributed by atoms with Gasteiger partial charge in [0.05, 0.1) is 12.2 Å². The second-order valence-electron chi connectivity index (χ2n) is 4.95. The van der Waals surface area contributed by atoms with Gasteiger partial charge in [0.2, 0.25) is 5.88 Å². The van der Waals surface area contributed by atoms with E-state index >= 15 is 0 Å². The predicted molar refractivity (Wildman–Crippen MR) is 79.4 cm³/mol. The van der Waals surface area contributed by atoms with Gasteiger partial charge in [-0.1, -0.05) is 0 Å². The maximum atomic E-state index is 11.6. The Labute approximate surface area is 127 Å². The zero-order valence-corrected chi connectivity index (χ0v) is 12.2. The molecule has 1 aromatic carbocycles. The van der Waals surface area contributed by atoms with Gasteiger partial charge in [0, 0.05) is 24.2 Å². The molecule has 112 valence electrons. The molecular weight excluding hydrogens is 282 g/mol. The van der Waals surface area contributed by atoms with Gasteiger partial charge in [-0.3, -0.25) is 4.79 Å². The molecular formula is C17H15NO4. The van der Waals surface area contributed by atoms with Crippen LogP contribution in [0.15, 0.2) is 36.5 Å². The summed E-state index contributed by atoms with van der Waals surface area (Å²) >= 11 is 0. The molecule has 22 heavy (non-hydrogen) atoms. The molecule has 0 saturated carbocycles. The molecule has 0 aliphatic heterocycles. The molecule has 3 rings (SSSR count). The quantitative estimate of drug-likeness (QED) is 0.811. The van der Waals surface area contributed by atoms with Crippen LogP contribution in [0.3, 0.4) is 0 Å². The van der Waals surface area contributed by atoms with Crippen LogP contribution in [0.1, 0.15) is 39.6 Å². The second-order valence-corrected chi connectivity index (χ2v) is 4.95. The number of aryl methyl sites for hydroxylation is 1. The van der Waals surface area contributed by atoms with Crippen molar-refractivity contribution in [2.75, 3.05) is 6.61 Å². The van der Waals surface area contributed by atoms with Crippen LogP contribution >= 0.6 is 0 Å². The van der Waals surface area contributed by atoms with Gasteiger partial charge in [0.15, 0.2) is 5.78 Å². The zero-order valence-electron chi connectivity index (χ0n) is 12.2. The Morgan fingerprint density at radius 3 is 2.82 bits per heavy atom. The van der Waals surface area contributed by atoms with Crippen molar-refractivity contribution in [3.05, 3.63) is 53.2 Å². The molecule has 0 saturated heterocycles. The lowest BCUT2D eigenvalue weighted by Crippen LogP contribution is -2.04. The molecule has 5 heteroatoms. The maximum absolute atomic E-state index is 11.6. The molecule has 1 aliphatic rings. The first-order chi connectivity index (χ1) is 10.7. The van der Waals surface area contributed by atoms with Gasteiger partial charge in [0.1, 0.15) is 5.75 Å². The van der Waals surface area contributed by atoms with Crippen LogP contribution in [-0.2, 0) is 11.2 Å². The molecule has 2 aromatic rings. The van der Waals surface area contributed by atoms with Gasteiger partial charge in [-0.2, -0.15) is 0 Å². The molecule has 0 amide bonds. The number of hydrogen-bond donors (Lipinski definition) is 0. The number of pyridine rings is 1. The third-order valence-corrected chi connectivity index (χ3v) is 3.47. The number of ketones is 1. The first-order valence-corrected chi connectivity index (χ1v) is 7.14. The molecule has 0 radical (unpaired) electrons. The predicted octanol–water partition coefficient (Wildman–Crippen LogP) is 3.18. The fourth-order valence-electron chi connectivity index (χ4n) is 2.39. The molecule has 0 N–H and O–H groups in total. The van der Waals surface area contributed by atoms with Gasteiger partial charge < -0.3 is 9.47 Å². The minimum absolute atomic E-state index is 0.179. The molecule has 0 atom stereocenters. The van der Waals surface area contributed by atoms with Gasteiger partial charge in [0.25, 0.3) is 0 Å². The number of rotatable bonds is 4. The van der Waals surface area contributed by atoms with Crippen molar-refractivity contribution in [1.29, 1.82) is 0 Å². The van der Waals surface area contributed by atoms with E-state index in [1.54, 1.807) is 31.2 Å². The molecule has 0 bridgehead atoms. The lowest BCUT2D eigenvalue weighted by atomic mass is 10.1. The molecule has 0 spiro atoms. The lowest BCUT2D eigenvalue weighted by molar-refractivity contribution is 0.0525. The van der Waals surface area contributed by atoms with Crippen LogP contribution in [0.5, 0.6) is 11.6 Å². The number of fused-ring (bicyclic) bond motifs is 1. The fourth-order valence-corrected chi connectivity index (χ4v) is 2.39. The Morgan fingerprint density at radius 2 is 2.09 bits per heavy atom. The number of hydrogen-bond acceptors (Lipinski definition) is 5. The number of esters is 1. The van der Waals surface area contributed by atoms with E-state index in [4.69, 9.17) is 9.47 Å². The number of aromatic nitrogens is 1. The molecule has 0 unspecified atom stereocenters. The van der Waals surface area contributed by atoms with Crippen molar-refractivity contribution in [3.63, 3.8) is 0 Å². The van der Waals surface area contributed by atoms with Gasteiger partial charge in [-0.15, -0.1) is 0 Å². The van der Waals surface area contributed by atoms with E-state index in [9.17, 15) is 9.59 Å². The van der Waals surface area contributed by atoms with Crippen molar-refractivity contribution < 1.29 is 19.1 Å². The minimum Gasteiger partial charge on any atom is -0.462 e. The summed E-state index contributed by atoms with van der Waals surface area (Å²) in [7, 11) is 0. The Balaban J connectivity index is 1.74. The van der Waals surface area contributed by atoms with E-state index in [0.717, 1.165) is 17.5 Å². The van der Waals surface area contributed by atoms with E-state index < -0.39 is 5.97 Å². The number of carbonyl (C=O) groups excluding carboxylic acids is 2. The van der Waals surface area contributed by atoms with Gasteiger partial charge >= 0.3 is 5.97 Å². The Hall–Kier alpha value is -2.69. The Morgan fingerprint density at radius 1 is 1.23 bits per heavy atom. The van der Waals surface area contributed by atoms with Crippen LogP contribution in [0.2, 0.25) is 0 Å². The maximum Gasteiger partial charge on any atom is 0.339 e. The summed E-state index contributed by atoms with van der Waals surface area (Å²) in [6, 6.07) is 8.62. The first-order valence-electron chi connectivity index (χ1n) is 7.14. The normalized spacial score (nSPS) is 12.9. The summed E-state index contributed by atoms with van der Waals surface area (Å²) in [4.78, 5) is 27.2. The van der Waals surface area contributed by atoms with Gasteiger partial charge in [-0.05, 0) is 43.2 Å². The van der Waals surface area contributed by atoms with E-state index in [1.807, 2.05) is 6.07 Å². The Bertz CT molecular complexity index is 722. The summed E-state index contributed by atoms with van der Waals surface area (Å²) in [5.74, 6) is 0.790. The van der Waals surface area contributed by atoms with Crippen LogP contribution in [-0.4, -0.2) is 23.3 Å². The summed E-state index contributed by atoms with van der Waals surface area (Å²) < 4.78 is 10.6. The summed E-state index contributed by atoms with van der Waals surface area (Å²) in [6.07, 6.45) is 2.73. The zero-order chi connectivity index (χ0) is 15.5. The van der Waals surface area contributed by atoms with E-state index in [-0.39, 0.29) is 5.78 Å². The largest absolute Gasteiger partial charge is 0.462 e.